The summed E-state index contributed by atoms with van der Waals surface area (Å²) in [5.41, 5.74) is 7.74. The Bertz CT molecular complexity index is 281. The third-order valence-electron chi connectivity index (χ3n) is 1.83. The Balaban J connectivity index is 2.74. The number of hydrogen-bond donors (Lipinski definition) is 1. The van der Waals surface area contributed by atoms with E-state index in [4.69, 9.17) is 17.3 Å². The fourth-order valence-corrected chi connectivity index (χ4v) is 1.37. The largest absolute Gasteiger partial charge is 0.330 e. The van der Waals surface area contributed by atoms with Crippen molar-refractivity contribution >= 4 is 17.7 Å². The van der Waals surface area contributed by atoms with Gasteiger partial charge in [-0.1, -0.05) is 36.4 Å². The third kappa shape index (κ3) is 3.21. The zero-order chi connectivity index (χ0) is 9.52. The highest BCUT2D eigenvalue weighted by atomic mass is 35.5. The summed E-state index contributed by atoms with van der Waals surface area (Å²) >= 11 is 5.79. The zero-order valence-corrected chi connectivity index (χ0v) is 8.30. The molecule has 0 heterocycles. The van der Waals surface area contributed by atoms with Crippen molar-refractivity contribution < 1.29 is 0 Å². The van der Waals surface area contributed by atoms with Crippen molar-refractivity contribution in [2.24, 2.45) is 5.73 Å². The van der Waals surface area contributed by atoms with Crippen molar-refractivity contribution in [1.82, 2.24) is 0 Å². The van der Waals surface area contributed by atoms with Crippen LogP contribution in [0.4, 0.5) is 0 Å². The molecule has 0 aliphatic carbocycles. The highest BCUT2D eigenvalue weighted by Gasteiger charge is 1.94. The first-order valence-corrected chi connectivity index (χ1v) is 4.92. The van der Waals surface area contributed by atoms with Gasteiger partial charge in [0.15, 0.2) is 0 Å². The van der Waals surface area contributed by atoms with E-state index in [1.54, 1.807) is 0 Å². The molecule has 0 aliphatic rings. The van der Waals surface area contributed by atoms with Crippen LogP contribution in [0.5, 0.6) is 0 Å². The van der Waals surface area contributed by atoms with Crippen molar-refractivity contribution in [2.45, 2.75) is 12.3 Å². The Labute approximate surface area is 84.2 Å². The first-order valence-electron chi connectivity index (χ1n) is 4.39. The van der Waals surface area contributed by atoms with E-state index in [0.717, 1.165) is 12.0 Å². The van der Waals surface area contributed by atoms with Crippen molar-refractivity contribution in [3.63, 3.8) is 0 Å². The van der Waals surface area contributed by atoms with Crippen LogP contribution < -0.4 is 5.73 Å². The van der Waals surface area contributed by atoms with E-state index in [9.17, 15) is 0 Å². The summed E-state index contributed by atoms with van der Waals surface area (Å²) in [5, 5.41) is 0. The molecule has 1 rings (SSSR count). The molecule has 2 N–H and O–H groups in total. The molecule has 0 aliphatic heterocycles. The van der Waals surface area contributed by atoms with Gasteiger partial charge in [-0.3, -0.25) is 0 Å². The summed E-state index contributed by atoms with van der Waals surface area (Å²) in [5.74, 6) is 0.559. The number of rotatable bonds is 4. The molecule has 0 spiro atoms. The number of halogens is 1. The van der Waals surface area contributed by atoms with E-state index in [2.05, 4.69) is 18.2 Å². The fraction of sp³-hybridized carbons (Fsp3) is 0.273. The molecule has 0 saturated carbocycles. The van der Waals surface area contributed by atoms with E-state index in [0.29, 0.717) is 12.4 Å². The van der Waals surface area contributed by atoms with Crippen LogP contribution in [0.15, 0.2) is 30.3 Å². The lowest BCUT2D eigenvalue weighted by molar-refractivity contribution is 1.01. The number of benzene rings is 1. The number of hydrogen-bond acceptors (Lipinski definition) is 1. The molecular weight excluding hydrogens is 182 g/mol. The Morgan fingerprint density at radius 3 is 2.77 bits per heavy atom. The summed E-state index contributed by atoms with van der Waals surface area (Å²) < 4.78 is 0. The molecule has 1 nitrogen and oxygen atoms in total. The lowest BCUT2D eigenvalue weighted by atomic mass is 10.1. The van der Waals surface area contributed by atoms with Crippen molar-refractivity contribution in [2.75, 3.05) is 6.54 Å². The molecule has 0 amide bonds. The van der Waals surface area contributed by atoms with Crippen LogP contribution in [0, 0.1) is 0 Å². The van der Waals surface area contributed by atoms with Gasteiger partial charge in [-0.25, -0.2) is 0 Å². The van der Waals surface area contributed by atoms with Crippen LogP contribution in [0.2, 0.25) is 0 Å². The highest BCUT2D eigenvalue weighted by molar-refractivity contribution is 6.17. The minimum Gasteiger partial charge on any atom is -0.330 e. The fourth-order valence-electron chi connectivity index (χ4n) is 1.13. The van der Waals surface area contributed by atoms with Gasteiger partial charge in [0, 0.05) is 5.88 Å². The van der Waals surface area contributed by atoms with Gasteiger partial charge in [-0.15, -0.1) is 11.6 Å². The quantitative estimate of drug-likeness (QED) is 0.735. The molecule has 0 bridgehead atoms. The summed E-state index contributed by atoms with van der Waals surface area (Å²) in [4.78, 5) is 0. The van der Waals surface area contributed by atoms with Gasteiger partial charge in [0.25, 0.3) is 0 Å². The van der Waals surface area contributed by atoms with Gasteiger partial charge < -0.3 is 5.73 Å². The van der Waals surface area contributed by atoms with E-state index in [1.807, 2.05) is 18.2 Å². The van der Waals surface area contributed by atoms with Crippen LogP contribution in [0.3, 0.4) is 0 Å². The molecule has 1 aromatic rings. The maximum absolute atomic E-state index is 5.79. The average Bonchev–Trinajstić information content (AvgIpc) is 2.19. The molecule has 1 aromatic carbocycles. The van der Waals surface area contributed by atoms with Gasteiger partial charge in [-0.2, -0.15) is 0 Å². The van der Waals surface area contributed by atoms with Crippen LogP contribution in [0.1, 0.15) is 17.5 Å². The number of alkyl halides is 1. The van der Waals surface area contributed by atoms with Gasteiger partial charge in [0.05, 0.1) is 0 Å². The summed E-state index contributed by atoms with van der Waals surface area (Å²) in [6, 6.07) is 8.11. The minimum absolute atomic E-state index is 0.559. The molecule has 0 radical (unpaired) electrons. The second-order valence-electron chi connectivity index (χ2n) is 2.81. The first kappa shape index (κ1) is 10.3. The predicted octanol–water partition coefficient (Wildman–Crippen LogP) is 2.79. The third-order valence-corrected chi connectivity index (χ3v) is 2.12. The molecule has 13 heavy (non-hydrogen) atoms. The summed E-state index contributed by atoms with van der Waals surface area (Å²) in [6.45, 7) is 0.694. The second kappa shape index (κ2) is 5.79. The van der Waals surface area contributed by atoms with Crippen LogP contribution in [0.25, 0.3) is 6.08 Å². The van der Waals surface area contributed by atoms with E-state index < -0.39 is 0 Å². The Hall–Kier alpha value is -0.790. The van der Waals surface area contributed by atoms with E-state index >= 15 is 0 Å². The SMILES string of the molecule is NCCC=Cc1ccccc1CCl. The Morgan fingerprint density at radius 2 is 2.08 bits per heavy atom. The van der Waals surface area contributed by atoms with Crippen LogP contribution in [-0.4, -0.2) is 6.54 Å². The minimum atomic E-state index is 0.559. The smallest absolute Gasteiger partial charge is 0.0479 e. The van der Waals surface area contributed by atoms with Crippen LogP contribution in [-0.2, 0) is 5.88 Å². The first-order chi connectivity index (χ1) is 6.38. The van der Waals surface area contributed by atoms with E-state index in [1.165, 1.54) is 5.56 Å². The van der Waals surface area contributed by atoms with Gasteiger partial charge in [-0.05, 0) is 24.1 Å². The van der Waals surface area contributed by atoms with Crippen molar-refractivity contribution in [3.8, 4) is 0 Å². The summed E-state index contributed by atoms with van der Waals surface area (Å²) in [6.07, 6.45) is 5.06. The predicted molar refractivity (Wildman–Crippen MR) is 58.7 cm³/mol. The standard InChI is InChI=1S/C11H14ClN/c12-9-11-7-2-1-5-10(11)6-3-4-8-13/h1-3,5-7H,4,8-9,13H2. The molecule has 0 saturated heterocycles. The van der Waals surface area contributed by atoms with Crippen molar-refractivity contribution in [3.05, 3.63) is 41.5 Å². The molecule has 0 atom stereocenters. The second-order valence-corrected chi connectivity index (χ2v) is 3.08. The lowest BCUT2D eigenvalue weighted by Gasteiger charge is -2.00. The summed E-state index contributed by atoms with van der Waals surface area (Å²) in [7, 11) is 0. The molecule has 70 valence electrons. The maximum atomic E-state index is 5.79. The topological polar surface area (TPSA) is 26.0 Å². The van der Waals surface area contributed by atoms with E-state index in [-0.39, 0.29) is 0 Å². The molecular formula is C11H14ClN. The molecule has 0 aromatic heterocycles. The molecule has 0 fully saturated rings. The van der Waals surface area contributed by atoms with Gasteiger partial charge in [0.2, 0.25) is 0 Å². The molecule has 2 heteroatoms. The average molecular weight is 196 g/mol. The highest BCUT2D eigenvalue weighted by Crippen LogP contribution is 2.12. The normalized spacial score (nSPS) is 10.9. The zero-order valence-electron chi connectivity index (χ0n) is 7.54. The molecule has 0 unspecified atom stereocenters. The Kier molecular flexibility index (Phi) is 4.58. The Morgan fingerprint density at radius 1 is 1.31 bits per heavy atom. The number of nitrogens with two attached hydrogens (primary N) is 1. The monoisotopic (exact) mass is 195 g/mol. The van der Waals surface area contributed by atoms with Crippen molar-refractivity contribution in [1.29, 1.82) is 0 Å². The lowest BCUT2D eigenvalue weighted by Crippen LogP contribution is -1.95. The van der Waals surface area contributed by atoms with Crippen LogP contribution >= 0.6 is 11.6 Å². The van der Waals surface area contributed by atoms with Gasteiger partial charge >= 0.3 is 0 Å². The van der Waals surface area contributed by atoms with Gasteiger partial charge in [0.1, 0.15) is 0 Å². The maximum Gasteiger partial charge on any atom is 0.0479 e.